The normalized spacial score (nSPS) is 32.9. The van der Waals surface area contributed by atoms with E-state index in [0.717, 1.165) is 23.8 Å². The minimum atomic E-state index is 0.888. The van der Waals surface area contributed by atoms with Crippen LogP contribution in [0.15, 0.2) is 0 Å². The van der Waals surface area contributed by atoms with E-state index >= 15 is 0 Å². The highest BCUT2D eigenvalue weighted by Crippen LogP contribution is 2.42. The molecular weight excluding hydrogens is 242 g/mol. The first-order valence-electron chi connectivity index (χ1n) is 9.52. The summed E-state index contributed by atoms with van der Waals surface area (Å²) in [6.07, 6.45) is 14.6. The third-order valence-electron chi connectivity index (χ3n) is 6.19. The van der Waals surface area contributed by atoms with Crippen LogP contribution < -0.4 is 0 Å². The Morgan fingerprint density at radius 3 is 2.45 bits per heavy atom. The lowest BCUT2D eigenvalue weighted by Gasteiger charge is -2.44. The van der Waals surface area contributed by atoms with Crippen LogP contribution in [0.25, 0.3) is 0 Å². The van der Waals surface area contributed by atoms with Crippen LogP contribution in [0, 0.1) is 17.8 Å². The fraction of sp³-hybridized carbons (Fsp3) is 1.00. The lowest BCUT2D eigenvalue weighted by atomic mass is 9.68. The van der Waals surface area contributed by atoms with E-state index in [1.807, 2.05) is 0 Å². The van der Waals surface area contributed by atoms with Gasteiger partial charge in [0.25, 0.3) is 0 Å². The van der Waals surface area contributed by atoms with Gasteiger partial charge in [0.1, 0.15) is 0 Å². The van der Waals surface area contributed by atoms with Crippen molar-refractivity contribution in [2.75, 3.05) is 13.1 Å². The van der Waals surface area contributed by atoms with Crippen LogP contribution in [0.3, 0.4) is 0 Å². The molecule has 118 valence electrons. The lowest BCUT2D eigenvalue weighted by Crippen LogP contribution is -2.44. The van der Waals surface area contributed by atoms with E-state index in [1.54, 1.807) is 0 Å². The number of nitrogens with zero attached hydrogens (tertiary/aromatic N) is 1. The van der Waals surface area contributed by atoms with E-state index in [1.165, 1.54) is 77.3 Å². The van der Waals surface area contributed by atoms with Crippen LogP contribution in [-0.4, -0.2) is 24.0 Å². The molecule has 2 aliphatic rings. The Labute approximate surface area is 127 Å². The van der Waals surface area contributed by atoms with E-state index in [0.29, 0.717) is 0 Å². The summed E-state index contributed by atoms with van der Waals surface area (Å²) in [5, 5.41) is 0. The van der Waals surface area contributed by atoms with Crippen molar-refractivity contribution in [2.24, 2.45) is 17.8 Å². The van der Waals surface area contributed by atoms with Gasteiger partial charge in [-0.1, -0.05) is 46.5 Å². The van der Waals surface area contributed by atoms with Crippen molar-refractivity contribution in [1.29, 1.82) is 0 Å². The molecule has 0 bridgehead atoms. The Morgan fingerprint density at radius 1 is 1.05 bits per heavy atom. The standard InChI is InChI=1S/C19H37N/c1-4-7-10-17-11-12-18(17)14-19(6-3)20-13-8-9-16(5-2)15-20/h16-19H,4-15H2,1-3H3. The zero-order chi connectivity index (χ0) is 14.4. The third-order valence-corrected chi connectivity index (χ3v) is 6.19. The highest BCUT2D eigenvalue weighted by molar-refractivity contribution is 4.86. The van der Waals surface area contributed by atoms with Gasteiger partial charge in [0.15, 0.2) is 0 Å². The summed E-state index contributed by atoms with van der Waals surface area (Å²) in [6.45, 7) is 9.89. The number of likely N-dealkylation sites (tertiary alicyclic amines) is 1. The molecule has 4 unspecified atom stereocenters. The summed E-state index contributed by atoms with van der Waals surface area (Å²) in [4.78, 5) is 2.85. The summed E-state index contributed by atoms with van der Waals surface area (Å²) in [7, 11) is 0. The molecule has 4 atom stereocenters. The molecule has 0 aromatic rings. The average Bonchev–Trinajstić information content (AvgIpc) is 2.47. The Balaban J connectivity index is 1.79. The van der Waals surface area contributed by atoms with Crippen LogP contribution in [0.1, 0.15) is 85.0 Å². The summed E-state index contributed by atoms with van der Waals surface area (Å²) in [5.74, 6) is 3.12. The highest BCUT2D eigenvalue weighted by Gasteiger charge is 2.34. The molecule has 20 heavy (non-hydrogen) atoms. The molecule has 1 nitrogen and oxygen atoms in total. The molecule has 2 fully saturated rings. The molecule has 0 aromatic heterocycles. The maximum absolute atomic E-state index is 2.85. The maximum atomic E-state index is 2.85. The monoisotopic (exact) mass is 279 g/mol. The Hall–Kier alpha value is -0.0400. The Bertz CT molecular complexity index is 262. The third kappa shape index (κ3) is 4.23. The highest BCUT2D eigenvalue weighted by atomic mass is 15.2. The first-order chi connectivity index (χ1) is 9.78. The second kappa shape index (κ2) is 8.41. The average molecular weight is 280 g/mol. The first kappa shape index (κ1) is 16.3. The predicted octanol–water partition coefficient (Wildman–Crippen LogP) is 5.49. The van der Waals surface area contributed by atoms with Crippen LogP contribution in [0.5, 0.6) is 0 Å². The minimum Gasteiger partial charge on any atom is -0.300 e. The molecule has 1 heterocycles. The van der Waals surface area contributed by atoms with E-state index < -0.39 is 0 Å². The van der Waals surface area contributed by atoms with Crippen LogP contribution in [-0.2, 0) is 0 Å². The molecule has 0 aromatic carbocycles. The van der Waals surface area contributed by atoms with Crippen LogP contribution in [0.2, 0.25) is 0 Å². The van der Waals surface area contributed by atoms with Crippen molar-refractivity contribution < 1.29 is 0 Å². The van der Waals surface area contributed by atoms with Gasteiger partial charge in [0, 0.05) is 12.6 Å². The minimum absolute atomic E-state index is 0.888. The molecule has 2 rings (SSSR count). The van der Waals surface area contributed by atoms with Gasteiger partial charge in [0.05, 0.1) is 0 Å². The Morgan fingerprint density at radius 2 is 1.85 bits per heavy atom. The molecule has 0 spiro atoms. The molecule has 1 saturated carbocycles. The number of hydrogen-bond acceptors (Lipinski definition) is 1. The molecular formula is C19H37N. The topological polar surface area (TPSA) is 3.24 Å². The van der Waals surface area contributed by atoms with Gasteiger partial charge >= 0.3 is 0 Å². The summed E-state index contributed by atoms with van der Waals surface area (Å²) >= 11 is 0. The SMILES string of the molecule is CCCCC1CCC1CC(CC)N1CCCC(CC)C1. The van der Waals surface area contributed by atoms with Gasteiger partial charge in [-0.3, -0.25) is 0 Å². The quantitative estimate of drug-likeness (QED) is 0.567. The summed E-state index contributed by atoms with van der Waals surface area (Å²) in [5.41, 5.74) is 0. The largest absolute Gasteiger partial charge is 0.300 e. The van der Waals surface area contributed by atoms with E-state index in [4.69, 9.17) is 0 Å². The van der Waals surface area contributed by atoms with Crippen molar-refractivity contribution >= 4 is 0 Å². The molecule has 1 saturated heterocycles. The van der Waals surface area contributed by atoms with Crippen LogP contribution >= 0.6 is 0 Å². The van der Waals surface area contributed by atoms with Crippen molar-refractivity contribution in [3.63, 3.8) is 0 Å². The Kier molecular flexibility index (Phi) is 6.87. The van der Waals surface area contributed by atoms with Crippen molar-refractivity contribution in [2.45, 2.75) is 91.0 Å². The first-order valence-corrected chi connectivity index (χ1v) is 9.52. The molecule has 0 radical (unpaired) electrons. The smallest absolute Gasteiger partial charge is 0.00954 e. The lowest BCUT2D eigenvalue weighted by molar-refractivity contribution is 0.0627. The number of rotatable bonds is 8. The van der Waals surface area contributed by atoms with E-state index in [-0.39, 0.29) is 0 Å². The number of unbranched alkanes of at least 4 members (excludes halogenated alkanes) is 1. The fourth-order valence-electron chi connectivity index (χ4n) is 4.48. The van der Waals surface area contributed by atoms with E-state index in [2.05, 4.69) is 25.7 Å². The van der Waals surface area contributed by atoms with Gasteiger partial charge in [-0.05, 0) is 62.8 Å². The van der Waals surface area contributed by atoms with Crippen molar-refractivity contribution in [3.05, 3.63) is 0 Å². The second-order valence-corrected chi connectivity index (χ2v) is 7.45. The van der Waals surface area contributed by atoms with Gasteiger partial charge in [-0.15, -0.1) is 0 Å². The molecule has 1 aliphatic carbocycles. The molecule has 1 aliphatic heterocycles. The number of piperidine rings is 1. The second-order valence-electron chi connectivity index (χ2n) is 7.45. The maximum Gasteiger partial charge on any atom is 0.00954 e. The van der Waals surface area contributed by atoms with Crippen molar-refractivity contribution in [3.8, 4) is 0 Å². The van der Waals surface area contributed by atoms with Crippen molar-refractivity contribution in [1.82, 2.24) is 4.90 Å². The molecule has 0 N–H and O–H groups in total. The zero-order valence-corrected chi connectivity index (χ0v) is 14.2. The summed E-state index contributed by atoms with van der Waals surface area (Å²) in [6, 6.07) is 0.888. The fourth-order valence-corrected chi connectivity index (χ4v) is 4.48. The van der Waals surface area contributed by atoms with Crippen LogP contribution in [0.4, 0.5) is 0 Å². The van der Waals surface area contributed by atoms with Gasteiger partial charge < -0.3 is 4.90 Å². The van der Waals surface area contributed by atoms with Gasteiger partial charge in [-0.2, -0.15) is 0 Å². The van der Waals surface area contributed by atoms with Gasteiger partial charge in [-0.25, -0.2) is 0 Å². The predicted molar refractivity (Wildman–Crippen MR) is 89.0 cm³/mol. The zero-order valence-electron chi connectivity index (χ0n) is 14.2. The number of hydrogen-bond donors (Lipinski definition) is 0. The van der Waals surface area contributed by atoms with Gasteiger partial charge in [0.2, 0.25) is 0 Å². The molecule has 1 heteroatoms. The summed E-state index contributed by atoms with van der Waals surface area (Å²) < 4.78 is 0. The van der Waals surface area contributed by atoms with E-state index in [9.17, 15) is 0 Å². The molecule has 0 amide bonds.